The van der Waals surface area contributed by atoms with E-state index in [4.69, 9.17) is 21.1 Å². The molecule has 3 atom stereocenters. The third-order valence-electron chi connectivity index (χ3n) is 7.74. The zero-order valence-corrected chi connectivity index (χ0v) is 21.4. The van der Waals surface area contributed by atoms with Gasteiger partial charge in [0.1, 0.15) is 0 Å². The molecule has 6 rings (SSSR count). The summed E-state index contributed by atoms with van der Waals surface area (Å²) in [6.07, 6.45) is 3.49. The molecule has 5 heterocycles. The number of hydrogen-bond acceptors (Lipinski definition) is 8. The maximum Gasteiger partial charge on any atom is 0.263 e. The lowest BCUT2D eigenvalue weighted by atomic mass is 9.95. The zero-order chi connectivity index (χ0) is 25.5. The molecule has 0 saturated carbocycles. The molecule has 3 aliphatic heterocycles. The molecule has 194 valence electrons. The minimum atomic E-state index is -0.749. The summed E-state index contributed by atoms with van der Waals surface area (Å²) >= 11 is 6.57. The van der Waals surface area contributed by atoms with Crippen LogP contribution in [0.1, 0.15) is 43.0 Å². The SMILES string of the molecule is COc1ccc2ccc(Cl)c(C(O)CN3C4CCC3CC(NCc3ccc5c(n3)NC(=O)CO5)C4)c2n1. The molecule has 2 aromatic heterocycles. The number of aliphatic hydroxyl groups is 1. The normalized spacial score (nSPS) is 23.9. The van der Waals surface area contributed by atoms with Gasteiger partial charge in [-0.05, 0) is 49.9 Å². The summed E-state index contributed by atoms with van der Waals surface area (Å²) in [5.41, 5.74) is 2.21. The quantitative estimate of drug-likeness (QED) is 0.432. The number of methoxy groups -OCH3 is 1. The molecule has 2 saturated heterocycles. The van der Waals surface area contributed by atoms with Crippen molar-refractivity contribution in [2.24, 2.45) is 0 Å². The van der Waals surface area contributed by atoms with Crippen LogP contribution in [0.2, 0.25) is 5.02 Å². The smallest absolute Gasteiger partial charge is 0.263 e. The molecule has 2 fully saturated rings. The van der Waals surface area contributed by atoms with Crippen LogP contribution >= 0.6 is 11.6 Å². The van der Waals surface area contributed by atoms with Gasteiger partial charge in [-0.3, -0.25) is 9.69 Å². The Balaban J connectivity index is 1.11. The van der Waals surface area contributed by atoms with Crippen molar-refractivity contribution in [3.8, 4) is 11.6 Å². The zero-order valence-electron chi connectivity index (χ0n) is 20.6. The number of carbonyl (C=O) groups excluding carboxylic acids is 1. The number of benzene rings is 1. The maximum absolute atomic E-state index is 11.6. The fourth-order valence-corrected chi connectivity index (χ4v) is 6.26. The largest absolute Gasteiger partial charge is 0.481 e. The van der Waals surface area contributed by atoms with E-state index in [0.29, 0.717) is 64.8 Å². The van der Waals surface area contributed by atoms with E-state index < -0.39 is 6.10 Å². The molecule has 9 nitrogen and oxygen atoms in total. The fraction of sp³-hybridized carbons (Fsp3) is 0.444. The van der Waals surface area contributed by atoms with Gasteiger partial charge >= 0.3 is 0 Å². The topological polar surface area (TPSA) is 109 Å². The fourth-order valence-electron chi connectivity index (χ4n) is 5.98. The second kappa shape index (κ2) is 10.1. The Labute approximate surface area is 220 Å². The van der Waals surface area contributed by atoms with Gasteiger partial charge in [0, 0.05) is 53.3 Å². The van der Waals surface area contributed by atoms with E-state index in [1.807, 2.05) is 36.4 Å². The van der Waals surface area contributed by atoms with Crippen LogP contribution in [0.5, 0.6) is 11.6 Å². The third kappa shape index (κ3) is 4.84. The molecule has 1 amide bonds. The maximum atomic E-state index is 11.6. The number of halogens is 1. The van der Waals surface area contributed by atoms with Crippen molar-refractivity contribution in [1.29, 1.82) is 0 Å². The van der Waals surface area contributed by atoms with Crippen molar-refractivity contribution < 1.29 is 19.4 Å². The Bertz CT molecular complexity index is 1320. The number of rotatable bonds is 7. The Morgan fingerprint density at radius 2 is 1.97 bits per heavy atom. The van der Waals surface area contributed by atoms with Crippen LogP contribution < -0.4 is 20.1 Å². The van der Waals surface area contributed by atoms with Gasteiger partial charge in [-0.25, -0.2) is 9.97 Å². The Morgan fingerprint density at radius 3 is 2.76 bits per heavy atom. The first-order valence-corrected chi connectivity index (χ1v) is 13.1. The van der Waals surface area contributed by atoms with Crippen molar-refractivity contribution in [2.75, 3.05) is 25.6 Å². The molecule has 3 N–H and O–H groups in total. The van der Waals surface area contributed by atoms with Gasteiger partial charge in [-0.15, -0.1) is 0 Å². The monoisotopic (exact) mass is 523 g/mol. The number of nitrogens with zero attached hydrogens (tertiary/aromatic N) is 3. The molecule has 3 aliphatic rings. The average Bonchev–Trinajstić information content (AvgIpc) is 3.12. The van der Waals surface area contributed by atoms with E-state index in [0.717, 1.165) is 36.8 Å². The van der Waals surface area contributed by atoms with Crippen LogP contribution in [0, 0.1) is 0 Å². The van der Waals surface area contributed by atoms with Gasteiger partial charge in [-0.2, -0.15) is 0 Å². The Morgan fingerprint density at radius 1 is 1.19 bits per heavy atom. The molecule has 37 heavy (non-hydrogen) atoms. The van der Waals surface area contributed by atoms with Crippen molar-refractivity contribution in [2.45, 2.75) is 56.5 Å². The summed E-state index contributed by atoms with van der Waals surface area (Å²) in [6.45, 7) is 1.17. The number of piperidine rings is 1. The van der Waals surface area contributed by atoms with E-state index in [9.17, 15) is 9.90 Å². The van der Waals surface area contributed by atoms with Crippen LogP contribution in [0.3, 0.4) is 0 Å². The van der Waals surface area contributed by atoms with E-state index in [-0.39, 0.29) is 12.5 Å². The molecule has 2 bridgehead atoms. The number of fused-ring (bicyclic) bond motifs is 4. The Kier molecular flexibility index (Phi) is 6.62. The first-order chi connectivity index (χ1) is 18.0. The predicted octanol–water partition coefficient (Wildman–Crippen LogP) is 3.44. The summed E-state index contributed by atoms with van der Waals surface area (Å²) in [4.78, 5) is 23.2. The highest BCUT2D eigenvalue weighted by Gasteiger charge is 2.41. The molecular weight excluding hydrogens is 494 g/mol. The number of anilines is 1. The molecule has 1 aromatic carbocycles. The van der Waals surface area contributed by atoms with E-state index >= 15 is 0 Å². The highest BCUT2D eigenvalue weighted by Crippen LogP contribution is 2.39. The molecule has 0 aliphatic carbocycles. The van der Waals surface area contributed by atoms with Gasteiger partial charge in [0.2, 0.25) is 5.88 Å². The number of aromatic nitrogens is 2. The number of pyridine rings is 2. The van der Waals surface area contributed by atoms with E-state index in [2.05, 4.69) is 25.5 Å². The third-order valence-corrected chi connectivity index (χ3v) is 8.07. The summed E-state index contributed by atoms with van der Waals surface area (Å²) in [5.74, 6) is 1.40. The standard InChI is InChI=1S/C27H30ClN5O4/c1-36-24-9-3-15-2-7-20(28)25(26(15)32-24)21(34)13-33-18-5-6-19(33)11-17(10-18)29-12-16-4-8-22-27(30-16)31-23(35)14-37-22/h2-4,7-9,17-19,21,29,34H,5-6,10-14H2,1H3,(H,30,31,35). The van der Waals surface area contributed by atoms with Crippen LogP contribution in [0.15, 0.2) is 36.4 Å². The average molecular weight is 524 g/mol. The molecule has 0 radical (unpaired) electrons. The number of amides is 1. The van der Waals surface area contributed by atoms with Crippen molar-refractivity contribution in [3.05, 3.63) is 52.7 Å². The minimum Gasteiger partial charge on any atom is -0.481 e. The van der Waals surface area contributed by atoms with Gasteiger partial charge < -0.3 is 25.2 Å². The minimum absolute atomic E-state index is 0.0275. The van der Waals surface area contributed by atoms with Crippen molar-refractivity contribution in [1.82, 2.24) is 20.2 Å². The Hall–Kier alpha value is -2.98. The number of nitrogens with one attached hydrogen (secondary N) is 2. The number of carbonyl (C=O) groups is 1. The van der Waals surface area contributed by atoms with Crippen LogP contribution in [0.4, 0.5) is 5.82 Å². The lowest BCUT2D eigenvalue weighted by Gasteiger charge is -2.40. The lowest BCUT2D eigenvalue weighted by molar-refractivity contribution is -0.118. The van der Waals surface area contributed by atoms with Crippen LogP contribution in [-0.2, 0) is 11.3 Å². The summed E-state index contributed by atoms with van der Waals surface area (Å²) in [6, 6.07) is 12.4. The molecule has 10 heteroatoms. The van der Waals surface area contributed by atoms with Crippen LogP contribution in [-0.4, -0.2) is 64.3 Å². The summed E-state index contributed by atoms with van der Waals surface area (Å²) < 4.78 is 10.7. The summed E-state index contributed by atoms with van der Waals surface area (Å²) in [7, 11) is 1.58. The summed E-state index contributed by atoms with van der Waals surface area (Å²) in [5, 5.41) is 19.2. The number of ether oxygens (including phenoxy) is 2. The number of aliphatic hydroxyl groups excluding tert-OH is 1. The highest BCUT2D eigenvalue weighted by atomic mass is 35.5. The molecular formula is C27H30ClN5O4. The highest BCUT2D eigenvalue weighted by molar-refractivity contribution is 6.32. The van der Waals surface area contributed by atoms with Crippen molar-refractivity contribution in [3.63, 3.8) is 0 Å². The van der Waals surface area contributed by atoms with Gasteiger partial charge in [0.15, 0.2) is 18.2 Å². The molecule has 3 aromatic rings. The first kappa shape index (κ1) is 24.4. The lowest BCUT2D eigenvalue weighted by Crippen LogP contribution is -2.50. The second-order valence-electron chi connectivity index (χ2n) is 10.0. The van der Waals surface area contributed by atoms with E-state index in [1.165, 1.54) is 0 Å². The molecule has 3 unspecified atom stereocenters. The van der Waals surface area contributed by atoms with Gasteiger partial charge in [-0.1, -0.05) is 17.7 Å². The van der Waals surface area contributed by atoms with E-state index in [1.54, 1.807) is 7.11 Å². The van der Waals surface area contributed by atoms with Crippen molar-refractivity contribution >= 4 is 34.2 Å². The van der Waals surface area contributed by atoms with Crippen LogP contribution in [0.25, 0.3) is 10.9 Å². The van der Waals surface area contributed by atoms with Gasteiger partial charge in [0.05, 0.1) is 24.4 Å². The second-order valence-corrected chi connectivity index (χ2v) is 10.4. The number of hydrogen-bond donors (Lipinski definition) is 3. The van der Waals surface area contributed by atoms with Gasteiger partial charge in [0.25, 0.3) is 5.91 Å². The predicted molar refractivity (Wildman–Crippen MR) is 140 cm³/mol. The molecule has 0 spiro atoms. The first-order valence-electron chi connectivity index (χ1n) is 12.7.